The van der Waals surface area contributed by atoms with Gasteiger partial charge in [0.2, 0.25) is 0 Å². The third-order valence-electron chi connectivity index (χ3n) is 4.48. The minimum atomic E-state index is -0.406. The van der Waals surface area contributed by atoms with Crippen molar-refractivity contribution in [2.75, 3.05) is 26.9 Å². The first kappa shape index (κ1) is 18.6. The van der Waals surface area contributed by atoms with Crippen LogP contribution in [-0.2, 0) is 15.9 Å². The van der Waals surface area contributed by atoms with Gasteiger partial charge in [-0.3, -0.25) is 0 Å². The van der Waals surface area contributed by atoms with Gasteiger partial charge in [-0.05, 0) is 49.8 Å². The van der Waals surface area contributed by atoms with Crippen LogP contribution in [0.5, 0.6) is 5.75 Å². The van der Waals surface area contributed by atoms with E-state index in [-0.39, 0.29) is 0 Å². The first-order chi connectivity index (χ1) is 11.7. The number of benzene rings is 1. The first-order valence-corrected chi connectivity index (χ1v) is 8.88. The Morgan fingerprint density at radius 3 is 2.67 bits per heavy atom. The van der Waals surface area contributed by atoms with E-state index in [0.717, 1.165) is 12.2 Å². The van der Waals surface area contributed by atoms with E-state index in [0.29, 0.717) is 31.8 Å². The molecule has 0 radical (unpaired) electrons. The van der Waals surface area contributed by atoms with Gasteiger partial charge in [0.25, 0.3) is 0 Å². The Bertz CT molecular complexity index is 489. The van der Waals surface area contributed by atoms with Crippen molar-refractivity contribution < 1.29 is 19.0 Å². The summed E-state index contributed by atoms with van der Waals surface area (Å²) in [5.41, 5.74) is 1.32. The zero-order chi connectivity index (χ0) is 17.2. The summed E-state index contributed by atoms with van der Waals surface area (Å²) in [5, 5.41) is 2.63. The highest BCUT2D eigenvalue weighted by Gasteiger charge is 2.24. The number of hydrogen-bond donors (Lipinski definition) is 1. The maximum absolute atomic E-state index is 11.1. The topological polar surface area (TPSA) is 56.8 Å². The third-order valence-corrected chi connectivity index (χ3v) is 4.48. The van der Waals surface area contributed by atoms with E-state index in [1.54, 1.807) is 6.92 Å². The molecule has 2 atom stereocenters. The van der Waals surface area contributed by atoms with Gasteiger partial charge in [0, 0.05) is 7.11 Å². The molecule has 1 fully saturated rings. The highest BCUT2D eigenvalue weighted by molar-refractivity contribution is 5.66. The zero-order valence-corrected chi connectivity index (χ0v) is 14.8. The number of amides is 1. The van der Waals surface area contributed by atoms with Gasteiger partial charge in [-0.1, -0.05) is 25.0 Å². The first-order valence-electron chi connectivity index (χ1n) is 8.88. The van der Waals surface area contributed by atoms with Crippen molar-refractivity contribution in [3.05, 3.63) is 29.8 Å². The van der Waals surface area contributed by atoms with Crippen LogP contribution in [0.25, 0.3) is 0 Å². The summed E-state index contributed by atoms with van der Waals surface area (Å²) in [4.78, 5) is 11.1. The van der Waals surface area contributed by atoms with E-state index >= 15 is 0 Å². The van der Waals surface area contributed by atoms with Gasteiger partial charge in [0.15, 0.2) is 0 Å². The fourth-order valence-electron chi connectivity index (χ4n) is 3.25. The molecule has 0 bridgehead atoms. The summed E-state index contributed by atoms with van der Waals surface area (Å²) in [6.07, 6.45) is 6.05. The molecule has 0 aliphatic heterocycles. The molecule has 0 heterocycles. The predicted octanol–water partition coefficient (Wildman–Crippen LogP) is 3.56. The van der Waals surface area contributed by atoms with Crippen LogP contribution in [0.15, 0.2) is 24.3 Å². The second kappa shape index (κ2) is 10.2. The lowest BCUT2D eigenvalue weighted by Gasteiger charge is -2.30. The van der Waals surface area contributed by atoms with E-state index in [1.165, 1.54) is 31.2 Å². The number of alkyl carbamates (subject to hydrolysis) is 1. The van der Waals surface area contributed by atoms with Crippen LogP contribution in [0, 0.1) is 5.92 Å². The Labute approximate surface area is 144 Å². The number of rotatable bonds is 8. The maximum atomic E-state index is 11.1. The molecule has 1 aliphatic rings. The Morgan fingerprint density at radius 2 is 1.96 bits per heavy atom. The van der Waals surface area contributed by atoms with Gasteiger partial charge in [-0.2, -0.15) is 0 Å². The van der Waals surface area contributed by atoms with E-state index in [1.807, 2.05) is 19.2 Å². The van der Waals surface area contributed by atoms with Crippen LogP contribution in [0.4, 0.5) is 4.79 Å². The molecule has 1 aliphatic carbocycles. The molecule has 0 saturated heterocycles. The summed E-state index contributed by atoms with van der Waals surface area (Å²) in [6.45, 7) is 3.00. The molecule has 134 valence electrons. The summed E-state index contributed by atoms with van der Waals surface area (Å²) < 4.78 is 16.0. The molecule has 0 spiro atoms. The molecular weight excluding hydrogens is 306 g/mol. The quantitative estimate of drug-likeness (QED) is 0.738. The second-order valence-electron chi connectivity index (χ2n) is 6.16. The lowest BCUT2D eigenvalue weighted by atomic mass is 9.82. The van der Waals surface area contributed by atoms with Crippen LogP contribution < -0.4 is 10.1 Å². The number of ether oxygens (including phenoxy) is 3. The highest BCUT2D eigenvalue weighted by atomic mass is 16.5. The molecule has 1 saturated carbocycles. The van der Waals surface area contributed by atoms with Crippen molar-refractivity contribution in [3.63, 3.8) is 0 Å². The van der Waals surface area contributed by atoms with Gasteiger partial charge < -0.3 is 19.5 Å². The van der Waals surface area contributed by atoms with E-state index < -0.39 is 6.09 Å². The highest BCUT2D eigenvalue weighted by Crippen LogP contribution is 2.29. The van der Waals surface area contributed by atoms with Crippen molar-refractivity contribution in [1.29, 1.82) is 0 Å². The number of hydrogen-bond acceptors (Lipinski definition) is 4. The van der Waals surface area contributed by atoms with Crippen molar-refractivity contribution in [2.24, 2.45) is 5.92 Å². The van der Waals surface area contributed by atoms with Gasteiger partial charge >= 0.3 is 6.09 Å². The molecular formula is C19H29NO4. The SMILES string of the molecule is CCOC(=O)NCCOc1ccc(C[C@H]2CCCC[C@@H]2OC)cc1. The van der Waals surface area contributed by atoms with E-state index in [4.69, 9.17) is 14.2 Å². The number of nitrogens with one attached hydrogen (secondary N) is 1. The average Bonchev–Trinajstić information content (AvgIpc) is 2.61. The Kier molecular flexibility index (Phi) is 7.89. The fourth-order valence-corrected chi connectivity index (χ4v) is 3.25. The molecule has 0 unspecified atom stereocenters. The third kappa shape index (κ3) is 6.04. The standard InChI is InChI=1S/C19H29NO4/c1-3-23-19(21)20-12-13-24-17-10-8-15(9-11-17)14-16-6-4-5-7-18(16)22-2/h8-11,16,18H,3-7,12-14H2,1-2H3,(H,20,21)/t16-,18+/m1/s1. The Balaban J connectivity index is 1.73. The molecule has 5 heteroatoms. The van der Waals surface area contributed by atoms with Gasteiger partial charge in [0.1, 0.15) is 12.4 Å². The van der Waals surface area contributed by atoms with Crippen molar-refractivity contribution in [2.45, 2.75) is 45.1 Å². The van der Waals surface area contributed by atoms with E-state index in [9.17, 15) is 4.79 Å². The van der Waals surface area contributed by atoms with Gasteiger partial charge in [-0.25, -0.2) is 4.79 Å². The van der Waals surface area contributed by atoms with Gasteiger partial charge in [0.05, 0.1) is 19.3 Å². The Hall–Kier alpha value is -1.75. The normalized spacial score (nSPS) is 20.4. The van der Waals surface area contributed by atoms with Crippen LogP contribution in [0.2, 0.25) is 0 Å². The summed E-state index contributed by atoms with van der Waals surface area (Å²) in [6, 6.07) is 8.22. The molecule has 1 aromatic carbocycles. The largest absolute Gasteiger partial charge is 0.492 e. The summed E-state index contributed by atoms with van der Waals surface area (Å²) in [5.74, 6) is 1.43. The molecule has 2 rings (SSSR count). The monoisotopic (exact) mass is 335 g/mol. The molecule has 0 aromatic heterocycles. The van der Waals surface area contributed by atoms with Crippen LogP contribution >= 0.6 is 0 Å². The molecule has 24 heavy (non-hydrogen) atoms. The van der Waals surface area contributed by atoms with Crippen molar-refractivity contribution >= 4 is 6.09 Å². The Morgan fingerprint density at radius 1 is 1.21 bits per heavy atom. The molecule has 1 aromatic rings. The fraction of sp³-hybridized carbons (Fsp3) is 0.632. The minimum Gasteiger partial charge on any atom is -0.492 e. The molecule has 1 amide bonds. The van der Waals surface area contributed by atoms with Gasteiger partial charge in [-0.15, -0.1) is 0 Å². The maximum Gasteiger partial charge on any atom is 0.407 e. The van der Waals surface area contributed by atoms with Crippen molar-refractivity contribution in [1.82, 2.24) is 5.32 Å². The predicted molar refractivity (Wildman–Crippen MR) is 93.4 cm³/mol. The smallest absolute Gasteiger partial charge is 0.407 e. The van der Waals surface area contributed by atoms with Crippen molar-refractivity contribution in [3.8, 4) is 5.75 Å². The lowest BCUT2D eigenvalue weighted by Crippen LogP contribution is -2.28. The lowest BCUT2D eigenvalue weighted by molar-refractivity contribution is 0.0239. The average molecular weight is 335 g/mol. The number of methoxy groups -OCH3 is 1. The van der Waals surface area contributed by atoms with Crippen LogP contribution in [0.1, 0.15) is 38.2 Å². The molecule has 1 N–H and O–H groups in total. The minimum absolute atomic E-state index is 0.374. The van der Waals surface area contributed by atoms with E-state index in [2.05, 4.69) is 17.4 Å². The number of carbonyl (C=O) groups excluding carboxylic acids is 1. The molecule has 5 nitrogen and oxygen atoms in total. The van der Waals surface area contributed by atoms with Crippen LogP contribution in [-0.4, -0.2) is 39.1 Å². The second-order valence-corrected chi connectivity index (χ2v) is 6.16. The summed E-state index contributed by atoms with van der Waals surface area (Å²) >= 11 is 0. The number of carbonyl (C=O) groups is 1. The zero-order valence-electron chi connectivity index (χ0n) is 14.8. The summed E-state index contributed by atoms with van der Waals surface area (Å²) in [7, 11) is 1.82. The van der Waals surface area contributed by atoms with Crippen LogP contribution in [0.3, 0.4) is 0 Å².